The highest BCUT2D eigenvalue weighted by Crippen LogP contribution is 2.46. The highest BCUT2D eigenvalue weighted by molar-refractivity contribution is 7.91. The molecule has 1 unspecified atom stereocenters. The van der Waals surface area contributed by atoms with E-state index in [1.54, 1.807) is 13.8 Å². The Balaban J connectivity index is 1.80. The molecule has 0 aliphatic carbocycles. The van der Waals surface area contributed by atoms with E-state index in [1.165, 1.54) is 6.26 Å². The molecule has 8 heteroatoms. The molecule has 32 heavy (non-hydrogen) atoms. The van der Waals surface area contributed by atoms with Gasteiger partial charge < -0.3 is 14.5 Å². The Kier molecular flexibility index (Phi) is 5.25. The number of hydrogen-bond acceptors (Lipinski definition) is 6. The monoisotopic (exact) mass is 455 g/mol. The molecule has 3 aromatic rings. The largest absolute Gasteiger partial charge is 0.490 e. The molecule has 2 aliphatic heterocycles. The van der Waals surface area contributed by atoms with Gasteiger partial charge in [0.15, 0.2) is 21.4 Å². The van der Waals surface area contributed by atoms with Gasteiger partial charge in [0.25, 0.3) is 0 Å². The number of rotatable bonds is 3. The van der Waals surface area contributed by atoms with E-state index in [2.05, 4.69) is 4.98 Å². The number of ether oxygens (including phenoxy) is 2. The topological polar surface area (TPSA) is 94.2 Å². The number of nitrogens with zero attached hydrogens (tertiary/aromatic N) is 2. The van der Waals surface area contributed by atoms with E-state index in [4.69, 9.17) is 19.4 Å². The van der Waals surface area contributed by atoms with E-state index in [0.717, 1.165) is 48.0 Å². The lowest BCUT2D eigenvalue weighted by molar-refractivity contribution is 0.105. The fourth-order valence-electron chi connectivity index (χ4n) is 4.79. The van der Waals surface area contributed by atoms with Gasteiger partial charge in [-0.1, -0.05) is 12.1 Å². The molecule has 7 nitrogen and oxygen atoms in total. The summed E-state index contributed by atoms with van der Waals surface area (Å²) in [7, 11) is -3.47. The zero-order valence-corrected chi connectivity index (χ0v) is 19.5. The van der Waals surface area contributed by atoms with Crippen LogP contribution in [0.25, 0.3) is 22.3 Å². The van der Waals surface area contributed by atoms with Gasteiger partial charge in [-0.2, -0.15) is 0 Å². The van der Waals surface area contributed by atoms with Crippen molar-refractivity contribution in [3.8, 4) is 17.1 Å². The predicted molar refractivity (Wildman–Crippen MR) is 124 cm³/mol. The third-order valence-corrected chi connectivity index (χ3v) is 9.06. The van der Waals surface area contributed by atoms with Crippen LogP contribution in [0.15, 0.2) is 30.5 Å². The predicted octanol–water partition coefficient (Wildman–Crippen LogP) is 4.20. The van der Waals surface area contributed by atoms with Crippen LogP contribution < -0.4 is 4.74 Å². The minimum Gasteiger partial charge on any atom is -0.490 e. The van der Waals surface area contributed by atoms with E-state index >= 15 is 0 Å². The van der Waals surface area contributed by atoms with Gasteiger partial charge in [0.2, 0.25) is 0 Å². The number of fused-ring (bicyclic) bond motifs is 4. The molecule has 1 saturated heterocycles. The third kappa shape index (κ3) is 3.49. The standard InChI is InChI=1S/C24H29N3O4S/c1-24(2,32(3,28)29)22-21-20(16-7-5-12-30-14-15(16)10-13-31-21)26-23(27-22)18-6-4-8-19-17(18)9-11-25-19/h4,6,8-9,11,15-16,25H,5,7,10,12-14H2,1-3H3/t15-,16?/m1/s1. The lowest BCUT2D eigenvalue weighted by Crippen LogP contribution is -2.31. The van der Waals surface area contributed by atoms with E-state index in [0.29, 0.717) is 36.4 Å². The maximum atomic E-state index is 12.8. The number of H-pyrrole nitrogens is 1. The van der Waals surface area contributed by atoms with Crippen molar-refractivity contribution in [3.63, 3.8) is 0 Å². The first-order valence-electron chi connectivity index (χ1n) is 11.2. The molecule has 0 spiro atoms. The number of hydrogen-bond donors (Lipinski definition) is 1. The molecule has 4 heterocycles. The summed E-state index contributed by atoms with van der Waals surface area (Å²) in [5.74, 6) is 1.52. The zero-order valence-electron chi connectivity index (χ0n) is 18.7. The number of benzene rings is 1. The summed E-state index contributed by atoms with van der Waals surface area (Å²) in [6.07, 6.45) is 5.87. The van der Waals surface area contributed by atoms with Crippen LogP contribution in [0.4, 0.5) is 0 Å². The van der Waals surface area contributed by atoms with E-state index in [9.17, 15) is 8.42 Å². The summed E-state index contributed by atoms with van der Waals surface area (Å²) < 4.78 is 36.5. The molecule has 2 aromatic heterocycles. The smallest absolute Gasteiger partial charge is 0.164 e. The number of nitrogens with one attached hydrogen (secondary N) is 1. The van der Waals surface area contributed by atoms with Gasteiger partial charge in [-0.3, -0.25) is 0 Å². The molecule has 0 bridgehead atoms. The second-order valence-electron chi connectivity index (χ2n) is 9.36. The first-order chi connectivity index (χ1) is 15.3. The Bertz CT molecular complexity index is 1270. The first kappa shape index (κ1) is 21.4. The summed E-state index contributed by atoms with van der Waals surface area (Å²) in [5.41, 5.74) is 3.13. The first-order valence-corrected chi connectivity index (χ1v) is 13.1. The molecule has 0 radical (unpaired) electrons. The van der Waals surface area contributed by atoms with Crippen LogP contribution in [-0.4, -0.2) is 49.4 Å². The summed E-state index contributed by atoms with van der Waals surface area (Å²) in [4.78, 5) is 13.2. The Labute approximate surface area is 188 Å². The number of sulfone groups is 1. The van der Waals surface area contributed by atoms with Crippen LogP contribution in [0, 0.1) is 5.92 Å². The maximum absolute atomic E-state index is 12.8. The van der Waals surface area contributed by atoms with E-state index in [1.807, 2.05) is 30.5 Å². The highest BCUT2D eigenvalue weighted by Gasteiger charge is 2.42. The molecule has 2 atom stereocenters. The number of aromatic nitrogens is 3. The average molecular weight is 456 g/mol. The van der Waals surface area contributed by atoms with Crippen molar-refractivity contribution in [2.24, 2.45) is 5.92 Å². The number of aromatic amines is 1. The highest BCUT2D eigenvalue weighted by atomic mass is 32.2. The normalized spacial score (nSPS) is 21.8. The van der Waals surface area contributed by atoms with Crippen LogP contribution >= 0.6 is 0 Å². The summed E-state index contributed by atoms with van der Waals surface area (Å²) in [6.45, 7) is 5.32. The quantitative estimate of drug-likeness (QED) is 0.636. The molecule has 1 aromatic carbocycles. The van der Waals surface area contributed by atoms with Gasteiger partial charge in [-0.15, -0.1) is 0 Å². The van der Waals surface area contributed by atoms with Crippen molar-refractivity contribution in [2.45, 2.75) is 43.8 Å². The van der Waals surface area contributed by atoms with Gasteiger partial charge in [0, 0.05) is 41.4 Å². The van der Waals surface area contributed by atoms with Crippen molar-refractivity contribution in [1.82, 2.24) is 15.0 Å². The zero-order chi connectivity index (χ0) is 22.5. The van der Waals surface area contributed by atoms with Gasteiger partial charge in [0.1, 0.15) is 10.4 Å². The minimum absolute atomic E-state index is 0.149. The third-order valence-electron chi connectivity index (χ3n) is 7.02. The lowest BCUT2D eigenvalue weighted by Gasteiger charge is -2.27. The molecule has 1 fully saturated rings. The molecule has 1 N–H and O–H groups in total. The minimum atomic E-state index is -3.47. The van der Waals surface area contributed by atoms with Crippen LogP contribution in [0.3, 0.4) is 0 Å². The van der Waals surface area contributed by atoms with E-state index < -0.39 is 14.6 Å². The van der Waals surface area contributed by atoms with Crippen molar-refractivity contribution in [3.05, 3.63) is 41.9 Å². The molecular weight excluding hydrogens is 426 g/mol. The van der Waals surface area contributed by atoms with Crippen LogP contribution in [-0.2, 0) is 19.3 Å². The van der Waals surface area contributed by atoms with Gasteiger partial charge in [-0.05, 0) is 51.2 Å². The maximum Gasteiger partial charge on any atom is 0.164 e. The molecule has 5 rings (SSSR count). The summed E-state index contributed by atoms with van der Waals surface area (Å²) in [6, 6.07) is 7.95. The Hall–Kier alpha value is -2.45. The van der Waals surface area contributed by atoms with Crippen molar-refractivity contribution in [1.29, 1.82) is 0 Å². The van der Waals surface area contributed by atoms with Crippen molar-refractivity contribution in [2.75, 3.05) is 26.1 Å². The second kappa shape index (κ2) is 7.85. The summed E-state index contributed by atoms with van der Waals surface area (Å²) in [5, 5.41) is 1.01. The molecule has 2 aliphatic rings. The summed E-state index contributed by atoms with van der Waals surface area (Å²) >= 11 is 0. The lowest BCUT2D eigenvalue weighted by atomic mass is 9.84. The van der Waals surface area contributed by atoms with Crippen molar-refractivity contribution < 1.29 is 17.9 Å². The molecule has 0 saturated carbocycles. The van der Waals surface area contributed by atoms with Crippen molar-refractivity contribution >= 4 is 20.7 Å². The second-order valence-corrected chi connectivity index (χ2v) is 11.9. The molecule has 0 amide bonds. The Morgan fingerprint density at radius 3 is 2.78 bits per heavy atom. The van der Waals surface area contributed by atoms with Gasteiger partial charge in [-0.25, -0.2) is 18.4 Å². The van der Waals surface area contributed by atoms with E-state index in [-0.39, 0.29) is 5.92 Å². The van der Waals surface area contributed by atoms with Crippen LogP contribution in [0.2, 0.25) is 0 Å². The van der Waals surface area contributed by atoms with Gasteiger partial charge >= 0.3 is 0 Å². The van der Waals surface area contributed by atoms with Gasteiger partial charge in [0.05, 0.1) is 18.9 Å². The molecule has 170 valence electrons. The molecular formula is C24H29N3O4S. The fraction of sp³-hybridized carbons (Fsp3) is 0.500. The van der Waals surface area contributed by atoms with Crippen LogP contribution in [0.1, 0.15) is 50.4 Å². The Morgan fingerprint density at radius 1 is 1.12 bits per heavy atom. The van der Waals surface area contributed by atoms with Crippen LogP contribution in [0.5, 0.6) is 5.75 Å². The average Bonchev–Trinajstić information content (AvgIpc) is 3.01. The Morgan fingerprint density at radius 2 is 1.97 bits per heavy atom. The SMILES string of the molecule is CC(C)(c1nc(-c2cccc3[nH]ccc23)nc2c1OCC[C@@H]1COCCCC21)S(C)(=O)=O. The fourth-order valence-corrected chi connectivity index (χ4v) is 5.28.